The molecule has 25 heavy (non-hydrogen) atoms. The second kappa shape index (κ2) is 5.98. The number of carbonyl (C=O) groups excluding carboxylic acids is 1. The molecule has 0 spiro atoms. The molecular weight excluding hydrogens is 320 g/mol. The third kappa shape index (κ3) is 2.82. The highest BCUT2D eigenvalue weighted by Crippen LogP contribution is 2.33. The molecular formula is C19H16N2O4. The minimum absolute atomic E-state index is 0.0329. The van der Waals surface area contributed by atoms with E-state index < -0.39 is 11.5 Å². The number of para-hydroxylation sites is 1. The van der Waals surface area contributed by atoms with Gasteiger partial charge in [-0.25, -0.2) is 4.79 Å². The van der Waals surface area contributed by atoms with E-state index >= 15 is 0 Å². The molecule has 0 fully saturated rings. The smallest absolute Gasteiger partial charge is 0.349 e. The lowest BCUT2D eigenvalue weighted by Gasteiger charge is -2.27. The summed E-state index contributed by atoms with van der Waals surface area (Å²) in [5.41, 5.74) is 1.29. The summed E-state index contributed by atoms with van der Waals surface area (Å²) in [7, 11) is 1.99. The van der Waals surface area contributed by atoms with Gasteiger partial charge in [0.1, 0.15) is 23.5 Å². The molecule has 0 saturated carbocycles. The van der Waals surface area contributed by atoms with Crippen molar-refractivity contribution in [3.8, 4) is 5.75 Å². The van der Waals surface area contributed by atoms with Crippen molar-refractivity contribution in [2.24, 2.45) is 0 Å². The van der Waals surface area contributed by atoms with E-state index in [1.54, 1.807) is 36.4 Å². The Morgan fingerprint density at radius 1 is 1.16 bits per heavy atom. The van der Waals surface area contributed by atoms with Crippen molar-refractivity contribution >= 4 is 28.3 Å². The monoisotopic (exact) mass is 336 g/mol. The molecule has 0 aliphatic carbocycles. The number of anilines is 2. The topological polar surface area (TPSA) is 71.8 Å². The van der Waals surface area contributed by atoms with Gasteiger partial charge in [-0.15, -0.1) is 0 Å². The number of fused-ring (bicyclic) bond motifs is 2. The Balaban J connectivity index is 1.64. The Bertz CT molecular complexity index is 1030. The summed E-state index contributed by atoms with van der Waals surface area (Å²) in [6, 6.07) is 14.0. The lowest BCUT2D eigenvalue weighted by molar-refractivity contribution is 0.102. The van der Waals surface area contributed by atoms with Crippen LogP contribution in [-0.2, 0) is 0 Å². The summed E-state index contributed by atoms with van der Waals surface area (Å²) in [6.07, 6.45) is 0. The SMILES string of the molecule is CN1CCOc2cc(NC(=O)c3cc4ccccc4oc3=O)ccc21. The zero-order valence-corrected chi connectivity index (χ0v) is 13.6. The van der Waals surface area contributed by atoms with Crippen LogP contribution in [0.5, 0.6) is 5.75 Å². The van der Waals surface area contributed by atoms with E-state index in [4.69, 9.17) is 9.15 Å². The number of nitrogens with zero attached hydrogens (tertiary/aromatic N) is 1. The van der Waals surface area contributed by atoms with Crippen molar-refractivity contribution in [3.63, 3.8) is 0 Å². The molecule has 1 aliphatic rings. The number of hydrogen-bond acceptors (Lipinski definition) is 5. The number of hydrogen-bond donors (Lipinski definition) is 1. The van der Waals surface area contributed by atoms with Crippen LogP contribution in [0.2, 0.25) is 0 Å². The fourth-order valence-electron chi connectivity index (χ4n) is 2.85. The Morgan fingerprint density at radius 3 is 2.88 bits per heavy atom. The molecule has 0 bridgehead atoms. The maximum Gasteiger partial charge on any atom is 0.349 e. The van der Waals surface area contributed by atoms with Crippen LogP contribution in [0.4, 0.5) is 11.4 Å². The number of benzene rings is 2. The average molecular weight is 336 g/mol. The first-order valence-electron chi connectivity index (χ1n) is 7.94. The van der Waals surface area contributed by atoms with E-state index in [0.29, 0.717) is 29.0 Å². The van der Waals surface area contributed by atoms with Gasteiger partial charge in [-0.3, -0.25) is 4.79 Å². The molecule has 0 saturated heterocycles. The predicted molar refractivity (Wildman–Crippen MR) is 95.6 cm³/mol. The summed E-state index contributed by atoms with van der Waals surface area (Å²) in [4.78, 5) is 26.7. The molecule has 1 aromatic heterocycles. The van der Waals surface area contributed by atoms with Crippen LogP contribution >= 0.6 is 0 Å². The van der Waals surface area contributed by atoms with Crippen molar-refractivity contribution in [1.29, 1.82) is 0 Å². The van der Waals surface area contributed by atoms with Gasteiger partial charge in [0.2, 0.25) is 0 Å². The van der Waals surface area contributed by atoms with E-state index in [-0.39, 0.29) is 5.56 Å². The van der Waals surface area contributed by atoms with Gasteiger partial charge in [-0.05, 0) is 24.3 Å². The van der Waals surface area contributed by atoms with Gasteiger partial charge in [0.05, 0.1) is 12.2 Å². The van der Waals surface area contributed by atoms with E-state index in [9.17, 15) is 9.59 Å². The lowest BCUT2D eigenvalue weighted by Crippen LogP contribution is -2.28. The Labute approximate surface area is 143 Å². The van der Waals surface area contributed by atoms with Crippen molar-refractivity contribution in [2.45, 2.75) is 0 Å². The molecule has 1 amide bonds. The normalized spacial score (nSPS) is 13.2. The van der Waals surface area contributed by atoms with Crippen LogP contribution in [0.15, 0.2) is 57.7 Å². The molecule has 1 aliphatic heterocycles. The largest absolute Gasteiger partial charge is 0.489 e. The van der Waals surface area contributed by atoms with Gasteiger partial charge < -0.3 is 19.4 Å². The van der Waals surface area contributed by atoms with Crippen LogP contribution in [0.1, 0.15) is 10.4 Å². The molecule has 4 rings (SSSR count). The van der Waals surface area contributed by atoms with Crippen molar-refractivity contribution in [3.05, 3.63) is 64.5 Å². The molecule has 0 radical (unpaired) electrons. The summed E-state index contributed by atoms with van der Waals surface area (Å²) in [6.45, 7) is 1.41. The third-order valence-corrected chi connectivity index (χ3v) is 4.20. The van der Waals surface area contributed by atoms with Gasteiger partial charge in [-0.2, -0.15) is 0 Å². The number of amides is 1. The van der Waals surface area contributed by atoms with E-state index in [2.05, 4.69) is 10.2 Å². The fraction of sp³-hybridized carbons (Fsp3) is 0.158. The lowest BCUT2D eigenvalue weighted by atomic mass is 10.1. The van der Waals surface area contributed by atoms with Gasteiger partial charge in [0, 0.05) is 24.2 Å². The number of carbonyl (C=O) groups is 1. The van der Waals surface area contributed by atoms with Crippen molar-refractivity contribution in [2.75, 3.05) is 30.4 Å². The summed E-state index contributed by atoms with van der Waals surface area (Å²) >= 11 is 0. The molecule has 6 heteroatoms. The molecule has 3 aromatic rings. The van der Waals surface area contributed by atoms with Gasteiger partial charge >= 0.3 is 5.63 Å². The summed E-state index contributed by atoms with van der Waals surface area (Å²) in [5, 5.41) is 3.43. The minimum atomic E-state index is -0.662. The van der Waals surface area contributed by atoms with E-state index in [1.165, 1.54) is 0 Å². The highest BCUT2D eigenvalue weighted by molar-refractivity contribution is 6.05. The van der Waals surface area contributed by atoms with Crippen molar-refractivity contribution in [1.82, 2.24) is 0 Å². The quantitative estimate of drug-likeness (QED) is 0.729. The average Bonchev–Trinajstić information content (AvgIpc) is 2.61. The van der Waals surface area contributed by atoms with Crippen LogP contribution in [-0.4, -0.2) is 26.1 Å². The van der Waals surface area contributed by atoms with Crippen LogP contribution in [0, 0.1) is 0 Å². The molecule has 0 unspecified atom stereocenters. The number of rotatable bonds is 2. The second-order valence-electron chi connectivity index (χ2n) is 5.89. The van der Waals surface area contributed by atoms with Crippen LogP contribution in [0.25, 0.3) is 11.0 Å². The molecule has 126 valence electrons. The maximum absolute atomic E-state index is 12.5. The Kier molecular flexibility index (Phi) is 3.65. The van der Waals surface area contributed by atoms with E-state index in [0.717, 1.165) is 12.2 Å². The predicted octanol–water partition coefficient (Wildman–Crippen LogP) is 2.87. The minimum Gasteiger partial charge on any atom is -0.489 e. The zero-order chi connectivity index (χ0) is 17.4. The summed E-state index contributed by atoms with van der Waals surface area (Å²) in [5.74, 6) is 0.195. The van der Waals surface area contributed by atoms with E-state index in [1.807, 2.05) is 19.2 Å². The number of nitrogens with one attached hydrogen (secondary N) is 1. The first-order valence-corrected chi connectivity index (χ1v) is 7.94. The highest BCUT2D eigenvalue weighted by atomic mass is 16.5. The zero-order valence-electron chi connectivity index (χ0n) is 13.6. The number of ether oxygens (including phenoxy) is 1. The second-order valence-corrected chi connectivity index (χ2v) is 5.89. The molecule has 2 heterocycles. The van der Waals surface area contributed by atoms with Gasteiger partial charge in [0.15, 0.2) is 0 Å². The van der Waals surface area contributed by atoms with Gasteiger partial charge in [-0.1, -0.05) is 18.2 Å². The van der Waals surface area contributed by atoms with Gasteiger partial charge in [0.25, 0.3) is 5.91 Å². The first kappa shape index (κ1) is 15.3. The third-order valence-electron chi connectivity index (χ3n) is 4.20. The van der Waals surface area contributed by atoms with Crippen molar-refractivity contribution < 1.29 is 13.9 Å². The fourth-order valence-corrected chi connectivity index (χ4v) is 2.85. The Morgan fingerprint density at radius 2 is 2.00 bits per heavy atom. The maximum atomic E-state index is 12.5. The molecule has 2 aromatic carbocycles. The highest BCUT2D eigenvalue weighted by Gasteiger charge is 2.17. The molecule has 6 nitrogen and oxygen atoms in total. The first-order chi connectivity index (χ1) is 12.1. The van der Waals surface area contributed by atoms with Crippen LogP contribution in [0.3, 0.4) is 0 Å². The molecule has 0 atom stereocenters. The van der Waals surface area contributed by atoms with Crippen LogP contribution < -0.4 is 20.6 Å². The Hall–Kier alpha value is -3.28. The summed E-state index contributed by atoms with van der Waals surface area (Å²) < 4.78 is 10.8. The molecule has 1 N–H and O–H groups in total. The standard InChI is InChI=1S/C19H16N2O4/c1-21-8-9-24-17-11-13(6-7-15(17)21)20-18(22)14-10-12-4-2-3-5-16(12)25-19(14)23/h2-7,10-11H,8-9H2,1H3,(H,20,22). The number of likely N-dealkylation sites (N-methyl/N-ethyl adjacent to an activating group) is 1.